The molecule has 5 nitrogen and oxygen atoms in total. The second-order valence-corrected chi connectivity index (χ2v) is 5.57. The number of rotatable bonds is 5. The van der Waals surface area contributed by atoms with Crippen molar-refractivity contribution in [3.63, 3.8) is 0 Å². The summed E-state index contributed by atoms with van der Waals surface area (Å²) in [4.78, 5) is 4.38. The van der Waals surface area contributed by atoms with E-state index in [4.69, 9.17) is 10.3 Å². The lowest BCUT2D eigenvalue weighted by molar-refractivity contribution is -0.0498. The Morgan fingerprint density at radius 1 is 1.22 bits per heavy atom. The highest BCUT2D eigenvalue weighted by molar-refractivity contribution is 5.85. The first-order valence-corrected chi connectivity index (χ1v) is 7.21. The predicted octanol–water partition coefficient (Wildman–Crippen LogP) is 3.41. The van der Waals surface area contributed by atoms with Crippen molar-refractivity contribution >= 4 is 12.4 Å². The molecule has 0 spiro atoms. The van der Waals surface area contributed by atoms with E-state index in [0.717, 1.165) is 31.2 Å². The van der Waals surface area contributed by atoms with Crippen LogP contribution in [0.3, 0.4) is 0 Å². The third-order valence-electron chi connectivity index (χ3n) is 3.91. The Bertz CT molecular complexity index is 628. The molecule has 1 aromatic heterocycles. The summed E-state index contributed by atoms with van der Waals surface area (Å²) in [7, 11) is 0. The van der Waals surface area contributed by atoms with E-state index >= 15 is 0 Å². The van der Waals surface area contributed by atoms with Crippen LogP contribution < -0.4 is 10.5 Å². The average molecular weight is 346 g/mol. The molecule has 2 N–H and O–H groups in total. The lowest BCUT2D eigenvalue weighted by Crippen LogP contribution is -2.34. The van der Waals surface area contributed by atoms with E-state index in [0.29, 0.717) is 18.1 Å². The molecule has 0 radical (unpaired) electrons. The lowest BCUT2D eigenvalue weighted by atomic mass is 9.99. The number of nitrogens with two attached hydrogens (primary N) is 1. The molecule has 8 heteroatoms. The van der Waals surface area contributed by atoms with Gasteiger partial charge in [0.05, 0.1) is 12.0 Å². The highest BCUT2D eigenvalue weighted by atomic mass is 35.5. The predicted molar refractivity (Wildman–Crippen MR) is 81.8 cm³/mol. The first-order chi connectivity index (χ1) is 10.5. The summed E-state index contributed by atoms with van der Waals surface area (Å²) in [5.74, 6) is 1.14. The molecule has 126 valence electrons. The van der Waals surface area contributed by atoms with E-state index in [9.17, 15) is 8.78 Å². The maximum Gasteiger partial charge on any atom is 0.387 e. The second kappa shape index (κ2) is 7.23. The Kier molecular flexibility index (Phi) is 5.54. The van der Waals surface area contributed by atoms with Gasteiger partial charge in [0.15, 0.2) is 5.82 Å². The van der Waals surface area contributed by atoms with Crippen LogP contribution in [0.4, 0.5) is 8.78 Å². The van der Waals surface area contributed by atoms with Crippen molar-refractivity contribution in [3.05, 3.63) is 41.5 Å². The first kappa shape index (κ1) is 17.6. The van der Waals surface area contributed by atoms with Crippen molar-refractivity contribution < 1.29 is 18.0 Å². The molecule has 23 heavy (non-hydrogen) atoms. The maximum absolute atomic E-state index is 12.1. The molecule has 3 rings (SSSR count). The molecular weight excluding hydrogens is 328 g/mol. The standard InChI is InChI=1S/C15H17F2N3O2.ClH/c16-14(17)21-11-5-3-10(4-6-11)9-12-19-13(20-22-12)15(18)7-1-2-8-15;/h3-6,14H,1-2,7-9,18H2;1H. The fraction of sp³-hybridized carbons (Fsp3) is 0.467. The van der Waals surface area contributed by atoms with Gasteiger partial charge in [0.2, 0.25) is 5.89 Å². The normalized spacial score (nSPS) is 16.3. The zero-order valence-corrected chi connectivity index (χ0v) is 13.2. The van der Waals surface area contributed by atoms with E-state index in [-0.39, 0.29) is 18.2 Å². The Labute approximate surface area is 138 Å². The van der Waals surface area contributed by atoms with Gasteiger partial charge in [-0.05, 0) is 30.5 Å². The third kappa shape index (κ3) is 4.17. The molecule has 0 amide bonds. The molecule has 1 aliphatic rings. The van der Waals surface area contributed by atoms with Crippen LogP contribution in [0.25, 0.3) is 0 Å². The van der Waals surface area contributed by atoms with Crippen molar-refractivity contribution in [2.75, 3.05) is 0 Å². The van der Waals surface area contributed by atoms with Crippen molar-refractivity contribution in [1.29, 1.82) is 0 Å². The van der Waals surface area contributed by atoms with Crippen LogP contribution in [0.5, 0.6) is 5.75 Å². The zero-order chi connectivity index (χ0) is 15.6. The molecule has 0 bridgehead atoms. The molecular formula is C15H18ClF2N3O2. The van der Waals surface area contributed by atoms with E-state index in [1.807, 2.05) is 0 Å². The van der Waals surface area contributed by atoms with Gasteiger partial charge in [-0.2, -0.15) is 13.8 Å². The lowest BCUT2D eigenvalue weighted by Gasteiger charge is -2.17. The number of benzene rings is 1. The second-order valence-electron chi connectivity index (χ2n) is 5.57. The zero-order valence-electron chi connectivity index (χ0n) is 12.4. The van der Waals surface area contributed by atoms with Gasteiger partial charge in [-0.25, -0.2) is 0 Å². The molecule has 0 aliphatic heterocycles. The van der Waals surface area contributed by atoms with Gasteiger partial charge in [-0.1, -0.05) is 30.1 Å². The van der Waals surface area contributed by atoms with E-state index in [1.54, 1.807) is 12.1 Å². The van der Waals surface area contributed by atoms with Gasteiger partial charge in [0, 0.05) is 0 Å². The van der Waals surface area contributed by atoms with Crippen LogP contribution in [0.2, 0.25) is 0 Å². The molecule has 0 saturated heterocycles. The molecule has 1 fully saturated rings. The van der Waals surface area contributed by atoms with Gasteiger partial charge in [0.25, 0.3) is 0 Å². The summed E-state index contributed by atoms with van der Waals surface area (Å²) < 4.78 is 33.7. The van der Waals surface area contributed by atoms with E-state index in [1.165, 1.54) is 12.1 Å². The maximum atomic E-state index is 12.1. The highest BCUT2D eigenvalue weighted by Gasteiger charge is 2.35. The molecule has 2 aromatic rings. The fourth-order valence-electron chi connectivity index (χ4n) is 2.72. The largest absolute Gasteiger partial charge is 0.435 e. The minimum absolute atomic E-state index is 0. The highest BCUT2D eigenvalue weighted by Crippen LogP contribution is 2.34. The number of alkyl halides is 2. The average Bonchev–Trinajstić information content (AvgIpc) is 3.11. The smallest absolute Gasteiger partial charge is 0.387 e. The van der Waals surface area contributed by atoms with Gasteiger partial charge >= 0.3 is 6.61 Å². The van der Waals surface area contributed by atoms with E-state index in [2.05, 4.69) is 14.9 Å². The van der Waals surface area contributed by atoms with Crippen LogP contribution >= 0.6 is 12.4 Å². The minimum Gasteiger partial charge on any atom is -0.435 e. The summed E-state index contributed by atoms with van der Waals surface area (Å²) in [6.07, 6.45) is 4.31. The number of halogens is 3. The van der Waals surface area contributed by atoms with Crippen molar-refractivity contribution in [1.82, 2.24) is 10.1 Å². The molecule has 1 saturated carbocycles. The SMILES string of the molecule is Cl.NC1(c2noc(Cc3ccc(OC(F)F)cc3)n2)CCCC1. The van der Waals surface area contributed by atoms with Crippen molar-refractivity contribution in [2.24, 2.45) is 5.73 Å². The quantitative estimate of drug-likeness (QED) is 0.898. The number of ether oxygens (including phenoxy) is 1. The summed E-state index contributed by atoms with van der Waals surface area (Å²) >= 11 is 0. The molecule has 1 heterocycles. The number of aromatic nitrogens is 2. The summed E-state index contributed by atoms with van der Waals surface area (Å²) in [5.41, 5.74) is 6.67. The first-order valence-electron chi connectivity index (χ1n) is 7.21. The van der Waals surface area contributed by atoms with Gasteiger partial charge in [0.1, 0.15) is 5.75 Å². The summed E-state index contributed by atoms with van der Waals surface area (Å²) in [6, 6.07) is 6.35. The van der Waals surface area contributed by atoms with Crippen LogP contribution in [0.1, 0.15) is 43.0 Å². The number of nitrogens with zero attached hydrogens (tertiary/aromatic N) is 2. The minimum atomic E-state index is -2.82. The van der Waals surface area contributed by atoms with Gasteiger partial charge in [-0.3, -0.25) is 0 Å². The van der Waals surface area contributed by atoms with E-state index < -0.39 is 12.2 Å². The topological polar surface area (TPSA) is 74.2 Å². The molecule has 0 unspecified atom stereocenters. The number of hydrogen-bond acceptors (Lipinski definition) is 5. The van der Waals surface area contributed by atoms with Gasteiger partial charge in [-0.15, -0.1) is 12.4 Å². The summed E-state index contributed by atoms with van der Waals surface area (Å²) in [5, 5.41) is 3.99. The monoisotopic (exact) mass is 345 g/mol. The molecule has 1 aliphatic carbocycles. The molecule has 1 aromatic carbocycles. The van der Waals surface area contributed by atoms with Crippen LogP contribution in [0, 0.1) is 0 Å². The molecule has 0 atom stereocenters. The Balaban J connectivity index is 0.00000192. The fourth-order valence-corrected chi connectivity index (χ4v) is 2.72. The third-order valence-corrected chi connectivity index (χ3v) is 3.91. The Morgan fingerprint density at radius 3 is 2.48 bits per heavy atom. The Morgan fingerprint density at radius 2 is 1.87 bits per heavy atom. The Hall–Kier alpha value is -1.73. The van der Waals surface area contributed by atoms with Crippen LogP contribution in [0.15, 0.2) is 28.8 Å². The number of hydrogen-bond donors (Lipinski definition) is 1. The van der Waals surface area contributed by atoms with Crippen molar-refractivity contribution in [2.45, 2.75) is 44.3 Å². The summed E-state index contributed by atoms with van der Waals surface area (Å²) in [6.45, 7) is -2.82. The van der Waals surface area contributed by atoms with Crippen molar-refractivity contribution in [3.8, 4) is 5.75 Å². The van der Waals surface area contributed by atoms with Crippen LogP contribution in [-0.4, -0.2) is 16.8 Å². The van der Waals surface area contributed by atoms with Gasteiger partial charge < -0.3 is 15.0 Å². The van der Waals surface area contributed by atoms with Crippen LogP contribution in [-0.2, 0) is 12.0 Å².